The summed E-state index contributed by atoms with van der Waals surface area (Å²) < 4.78 is 0. The number of nitrogens with zero attached hydrogens (tertiary/aromatic N) is 1. The molecular formula is C58H39N. The molecule has 0 unspecified atom stereocenters. The molecule has 1 heteroatoms. The van der Waals surface area contributed by atoms with Gasteiger partial charge in [0, 0.05) is 16.9 Å². The van der Waals surface area contributed by atoms with E-state index in [2.05, 4.69) is 219 Å². The van der Waals surface area contributed by atoms with Gasteiger partial charge in [-0.15, -0.1) is 0 Å². The molecule has 2 spiro atoms. The highest BCUT2D eigenvalue weighted by Gasteiger charge is 2.54. The van der Waals surface area contributed by atoms with Gasteiger partial charge in [0.1, 0.15) is 0 Å². The highest BCUT2D eigenvalue weighted by Crippen LogP contribution is 2.66. The summed E-state index contributed by atoms with van der Waals surface area (Å²) in [6.45, 7) is 4.45. The van der Waals surface area contributed by atoms with Crippen LogP contribution >= 0.6 is 0 Å². The van der Waals surface area contributed by atoms with E-state index in [0.717, 1.165) is 5.69 Å². The first-order chi connectivity index (χ1) is 29.1. The lowest BCUT2D eigenvalue weighted by molar-refractivity contribution is 0.793. The SMILES string of the molecule is Cc1cc(C)cc(N(c2ccc3c(c2)C2(c4ccccc4-c4ccccc42)c2ccccc2-3)c2cccc3c2-c2ccccc2C32c3ccccc3-c3ccccc32)c1. The maximum absolute atomic E-state index is 2.56. The first-order valence-corrected chi connectivity index (χ1v) is 20.8. The lowest BCUT2D eigenvalue weighted by Crippen LogP contribution is -2.26. The van der Waals surface area contributed by atoms with E-state index in [1.54, 1.807) is 0 Å². The quantitative estimate of drug-likeness (QED) is 0.174. The Kier molecular flexibility index (Phi) is 6.50. The normalized spacial score (nSPS) is 14.5. The number of hydrogen-bond acceptors (Lipinski definition) is 1. The molecule has 0 saturated heterocycles. The number of aryl methyl sites for hydroxylation is 2. The zero-order chi connectivity index (χ0) is 39.0. The summed E-state index contributed by atoms with van der Waals surface area (Å²) in [5, 5.41) is 0. The fraction of sp³-hybridized carbons (Fsp3) is 0.0690. The third-order valence-corrected chi connectivity index (χ3v) is 13.9. The van der Waals surface area contributed by atoms with Gasteiger partial charge in [0.2, 0.25) is 0 Å². The molecule has 0 amide bonds. The van der Waals surface area contributed by atoms with E-state index < -0.39 is 10.8 Å². The molecule has 0 aliphatic heterocycles. The van der Waals surface area contributed by atoms with Crippen molar-refractivity contribution in [3.8, 4) is 44.5 Å². The molecule has 9 aromatic carbocycles. The van der Waals surface area contributed by atoms with Crippen molar-refractivity contribution >= 4 is 17.1 Å². The van der Waals surface area contributed by atoms with E-state index in [1.807, 2.05) is 0 Å². The first kappa shape index (κ1) is 32.8. The summed E-state index contributed by atoms with van der Waals surface area (Å²) >= 11 is 0. The molecule has 0 fully saturated rings. The largest absolute Gasteiger partial charge is 0.310 e. The highest BCUT2D eigenvalue weighted by molar-refractivity contribution is 6.02. The topological polar surface area (TPSA) is 3.24 Å². The Hall–Kier alpha value is -7.22. The molecule has 0 bridgehead atoms. The standard InChI is InChI=1S/C58H39N/c1-36-32-37(2)34-39(33-36)59(38-30-31-45-44-20-7-13-26-51(44)58(54(45)35-38)49-24-11-5-18-42(49)43-19-6-12-25-50(43)58)55-29-15-28-53-56(55)46-21-8-14-27-52(46)57(53)47-22-9-3-16-40(47)41-17-4-10-23-48(41)57/h3-35H,1-2H3. The van der Waals surface area contributed by atoms with E-state index in [9.17, 15) is 0 Å². The van der Waals surface area contributed by atoms with Crippen LogP contribution in [0.1, 0.15) is 55.6 Å². The van der Waals surface area contributed by atoms with Crippen molar-refractivity contribution in [2.45, 2.75) is 24.7 Å². The maximum Gasteiger partial charge on any atom is 0.0726 e. The van der Waals surface area contributed by atoms with Gasteiger partial charge in [-0.25, -0.2) is 0 Å². The van der Waals surface area contributed by atoms with Gasteiger partial charge in [-0.1, -0.05) is 170 Å². The maximum atomic E-state index is 2.56. The molecule has 0 heterocycles. The van der Waals surface area contributed by atoms with E-state index in [1.165, 1.54) is 112 Å². The molecule has 4 aliphatic carbocycles. The van der Waals surface area contributed by atoms with Crippen LogP contribution in [-0.4, -0.2) is 0 Å². The predicted octanol–water partition coefficient (Wildman–Crippen LogP) is 14.5. The van der Waals surface area contributed by atoms with Crippen molar-refractivity contribution in [2.24, 2.45) is 0 Å². The number of rotatable bonds is 3. The molecule has 0 radical (unpaired) electrons. The zero-order valence-corrected chi connectivity index (χ0v) is 33.0. The minimum Gasteiger partial charge on any atom is -0.310 e. The Morgan fingerprint density at radius 1 is 0.288 bits per heavy atom. The van der Waals surface area contributed by atoms with Crippen molar-refractivity contribution < 1.29 is 0 Å². The van der Waals surface area contributed by atoms with Crippen LogP contribution in [0.2, 0.25) is 0 Å². The predicted molar refractivity (Wildman–Crippen MR) is 243 cm³/mol. The van der Waals surface area contributed by atoms with Gasteiger partial charge in [0.25, 0.3) is 0 Å². The average Bonchev–Trinajstić information content (AvgIpc) is 3.96. The number of anilines is 3. The van der Waals surface area contributed by atoms with Crippen LogP contribution in [0, 0.1) is 13.8 Å². The molecule has 59 heavy (non-hydrogen) atoms. The van der Waals surface area contributed by atoms with Gasteiger partial charge in [0.05, 0.1) is 16.5 Å². The second kappa shape index (κ2) is 11.7. The molecule has 1 nitrogen and oxygen atoms in total. The number of hydrogen-bond donors (Lipinski definition) is 0. The van der Waals surface area contributed by atoms with Crippen molar-refractivity contribution in [2.75, 3.05) is 4.90 Å². The third-order valence-electron chi connectivity index (χ3n) is 13.9. The smallest absolute Gasteiger partial charge is 0.0726 e. The molecule has 0 saturated carbocycles. The summed E-state index contributed by atoms with van der Waals surface area (Å²) in [5.74, 6) is 0. The minimum atomic E-state index is -0.435. The van der Waals surface area contributed by atoms with Crippen molar-refractivity contribution in [3.63, 3.8) is 0 Å². The first-order valence-electron chi connectivity index (χ1n) is 20.8. The van der Waals surface area contributed by atoms with Crippen LogP contribution < -0.4 is 4.90 Å². The zero-order valence-electron chi connectivity index (χ0n) is 33.0. The molecule has 0 atom stereocenters. The van der Waals surface area contributed by atoms with Gasteiger partial charge in [0.15, 0.2) is 0 Å². The Morgan fingerprint density at radius 2 is 0.661 bits per heavy atom. The second-order valence-corrected chi connectivity index (χ2v) is 16.9. The Morgan fingerprint density at radius 3 is 1.14 bits per heavy atom. The van der Waals surface area contributed by atoms with Crippen LogP contribution in [0.4, 0.5) is 17.1 Å². The monoisotopic (exact) mass is 749 g/mol. The van der Waals surface area contributed by atoms with Crippen LogP contribution in [0.5, 0.6) is 0 Å². The van der Waals surface area contributed by atoms with E-state index in [4.69, 9.17) is 0 Å². The fourth-order valence-electron chi connectivity index (χ4n) is 12.0. The Labute approximate surface area is 345 Å². The lowest BCUT2D eigenvalue weighted by Gasteiger charge is -2.33. The van der Waals surface area contributed by atoms with Gasteiger partial charge in [-0.05, 0) is 139 Å². The highest BCUT2D eigenvalue weighted by atomic mass is 15.1. The third kappa shape index (κ3) is 4.00. The lowest BCUT2D eigenvalue weighted by atomic mass is 9.70. The molecule has 4 aliphatic rings. The van der Waals surface area contributed by atoms with Crippen LogP contribution in [0.3, 0.4) is 0 Å². The van der Waals surface area contributed by atoms with Gasteiger partial charge < -0.3 is 4.90 Å². The van der Waals surface area contributed by atoms with Crippen molar-refractivity contribution in [1.82, 2.24) is 0 Å². The molecule has 9 aromatic rings. The summed E-state index contributed by atoms with van der Waals surface area (Å²) in [6.07, 6.45) is 0. The van der Waals surface area contributed by atoms with Crippen LogP contribution in [-0.2, 0) is 10.8 Å². The van der Waals surface area contributed by atoms with Crippen molar-refractivity contribution in [3.05, 3.63) is 256 Å². The van der Waals surface area contributed by atoms with E-state index >= 15 is 0 Å². The van der Waals surface area contributed by atoms with Gasteiger partial charge >= 0.3 is 0 Å². The Balaban J connectivity index is 1.12. The molecule has 0 aromatic heterocycles. The van der Waals surface area contributed by atoms with Gasteiger partial charge in [-0.3, -0.25) is 0 Å². The number of fused-ring (bicyclic) bond motifs is 20. The summed E-state index contributed by atoms with van der Waals surface area (Å²) in [4.78, 5) is 2.56. The average molecular weight is 750 g/mol. The molecular weight excluding hydrogens is 711 g/mol. The summed E-state index contributed by atoms with van der Waals surface area (Å²) in [7, 11) is 0. The van der Waals surface area contributed by atoms with E-state index in [0.29, 0.717) is 0 Å². The minimum absolute atomic E-state index is 0.426. The fourth-order valence-corrected chi connectivity index (χ4v) is 12.0. The summed E-state index contributed by atoms with van der Waals surface area (Å²) in [5.41, 5.74) is 26.5. The molecule has 13 rings (SSSR count). The number of benzene rings is 9. The molecule has 276 valence electrons. The van der Waals surface area contributed by atoms with E-state index in [-0.39, 0.29) is 0 Å². The van der Waals surface area contributed by atoms with Crippen molar-refractivity contribution in [1.29, 1.82) is 0 Å². The molecule has 0 N–H and O–H groups in total. The second-order valence-electron chi connectivity index (χ2n) is 16.9. The van der Waals surface area contributed by atoms with Crippen LogP contribution in [0.25, 0.3) is 44.5 Å². The van der Waals surface area contributed by atoms with Crippen LogP contribution in [0.15, 0.2) is 200 Å². The van der Waals surface area contributed by atoms with Gasteiger partial charge in [-0.2, -0.15) is 0 Å². The Bertz CT molecular complexity index is 3140. The summed E-state index contributed by atoms with van der Waals surface area (Å²) in [6, 6.07) is 76.0.